The van der Waals surface area contributed by atoms with Crippen LogP contribution in [0.1, 0.15) is 26.3 Å². The van der Waals surface area contributed by atoms with Gasteiger partial charge in [-0.15, -0.1) is 11.8 Å². The van der Waals surface area contributed by atoms with E-state index in [0.717, 1.165) is 21.4 Å². The van der Waals surface area contributed by atoms with Gasteiger partial charge < -0.3 is 4.98 Å². The van der Waals surface area contributed by atoms with E-state index in [1.807, 2.05) is 55.6 Å². The van der Waals surface area contributed by atoms with E-state index in [0.29, 0.717) is 11.1 Å². The molecule has 0 aliphatic heterocycles. The quantitative estimate of drug-likeness (QED) is 0.506. The van der Waals surface area contributed by atoms with Gasteiger partial charge in [0.15, 0.2) is 0 Å². The highest BCUT2D eigenvalue weighted by Crippen LogP contribution is 2.19. The Kier molecular flexibility index (Phi) is 4.57. The smallest absolute Gasteiger partial charge is 0.271 e. The molecule has 0 saturated heterocycles. The predicted octanol–water partition coefficient (Wildman–Crippen LogP) is 3.27. The van der Waals surface area contributed by atoms with Gasteiger partial charge in [-0.1, -0.05) is 24.3 Å². The second-order valence-electron chi connectivity index (χ2n) is 5.34. The van der Waals surface area contributed by atoms with Crippen LogP contribution in [-0.4, -0.2) is 23.1 Å². The Bertz CT molecular complexity index is 918. The largest absolute Gasteiger partial charge is 0.360 e. The van der Waals surface area contributed by atoms with Crippen LogP contribution in [0.5, 0.6) is 0 Å². The Labute approximate surface area is 143 Å². The maximum atomic E-state index is 12.3. The first-order valence-electron chi connectivity index (χ1n) is 7.41. The average molecular weight is 339 g/mol. The number of aromatic amines is 1. The van der Waals surface area contributed by atoms with Gasteiger partial charge in [-0.05, 0) is 36.9 Å². The van der Waals surface area contributed by atoms with Crippen LogP contribution in [0.3, 0.4) is 0 Å². The minimum Gasteiger partial charge on any atom is -0.360 e. The van der Waals surface area contributed by atoms with Crippen LogP contribution in [0, 0.1) is 6.92 Å². The summed E-state index contributed by atoms with van der Waals surface area (Å²) >= 11 is 1.56. The lowest BCUT2D eigenvalue weighted by molar-refractivity contribution is 0.0847. The number of amides is 2. The summed E-state index contributed by atoms with van der Waals surface area (Å²) in [5, 5.41) is 0.810. The number of benzene rings is 2. The van der Waals surface area contributed by atoms with Gasteiger partial charge in [0.1, 0.15) is 0 Å². The number of hydrogen-bond donors (Lipinski definition) is 3. The van der Waals surface area contributed by atoms with Gasteiger partial charge in [-0.3, -0.25) is 20.4 Å². The minimum atomic E-state index is -0.362. The zero-order valence-electron chi connectivity index (χ0n) is 13.3. The molecule has 0 fully saturated rings. The number of hydrazine groups is 1. The molecule has 3 rings (SSSR count). The number of aromatic nitrogens is 1. The van der Waals surface area contributed by atoms with Crippen LogP contribution in [-0.2, 0) is 0 Å². The number of para-hydroxylation sites is 1. The molecule has 2 amide bonds. The molecule has 0 spiro atoms. The van der Waals surface area contributed by atoms with Gasteiger partial charge in [0.25, 0.3) is 11.8 Å². The minimum absolute atomic E-state index is 0.336. The molecule has 2 aromatic carbocycles. The van der Waals surface area contributed by atoms with Crippen molar-refractivity contribution in [2.45, 2.75) is 11.8 Å². The Hall–Kier alpha value is -2.73. The van der Waals surface area contributed by atoms with Crippen LogP contribution in [0.15, 0.2) is 53.6 Å². The van der Waals surface area contributed by atoms with Crippen molar-refractivity contribution in [1.29, 1.82) is 0 Å². The standard InChI is InChI=1S/C18H17N3O2S/c1-11-7-8-12(24-2)9-14(11)17(22)20-21-18(23)15-10-19-16-6-4-3-5-13(15)16/h3-10,19H,1-2H3,(H,20,22)(H,21,23). The SMILES string of the molecule is CSc1ccc(C)c(C(=O)NNC(=O)c2c[nH]c3ccccc23)c1. The Morgan fingerprint density at radius 1 is 1.00 bits per heavy atom. The molecule has 1 aromatic heterocycles. The number of carbonyl (C=O) groups excluding carboxylic acids is 2. The fourth-order valence-corrected chi connectivity index (χ4v) is 2.92. The van der Waals surface area contributed by atoms with Crippen molar-refractivity contribution in [3.05, 3.63) is 65.4 Å². The van der Waals surface area contributed by atoms with Gasteiger partial charge in [-0.25, -0.2) is 0 Å². The highest BCUT2D eigenvalue weighted by molar-refractivity contribution is 7.98. The van der Waals surface area contributed by atoms with Crippen molar-refractivity contribution >= 4 is 34.5 Å². The summed E-state index contributed by atoms with van der Waals surface area (Å²) < 4.78 is 0. The fourth-order valence-electron chi connectivity index (χ4n) is 2.48. The van der Waals surface area contributed by atoms with Gasteiger partial charge in [0, 0.05) is 27.6 Å². The first kappa shape index (κ1) is 16.1. The summed E-state index contributed by atoms with van der Waals surface area (Å²) in [6.45, 7) is 1.86. The monoisotopic (exact) mass is 339 g/mol. The molecule has 0 radical (unpaired) electrons. The number of hydrogen-bond acceptors (Lipinski definition) is 3. The highest BCUT2D eigenvalue weighted by atomic mass is 32.2. The Morgan fingerprint density at radius 2 is 1.71 bits per heavy atom. The van der Waals surface area contributed by atoms with Crippen molar-refractivity contribution in [3.63, 3.8) is 0 Å². The van der Waals surface area contributed by atoms with Crippen LogP contribution in [0.2, 0.25) is 0 Å². The van der Waals surface area contributed by atoms with E-state index in [4.69, 9.17) is 0 Å². The summed E-state index contributed by atoms with van der Waals surface area (Å²) in [4.78, 5) is 28.7. The summed E-state index contributed by atoms with van der Waals surface area (Å²) in [6.07, 6.45) is 3.58. The van der Waals surface area contributed by atoms with E-state index in [2.05, 4.69) is 15.8 Å². The summed E-state index contributed by atoms with van der Waals surface area (Å²) in [7, 11) is 0. The van der Waals surface area contributed by atoms with Crippen molar-refractivity contribution in [2.75, 3.05) is 6.26 Å². The molecule has 1 heterocycles. The van der Waals surface area contributed by atoms with Crippen molar-refractivity contribution < 1.29 is 9.59 Å². The lowest BCUT2D eigenvalue weighted by Crippen LogP contribution is -2.41. The molecule has 24 heavy (non-hydrogen) atoms. The first-order valence-corrected chi connectivity index (χ1v) is 8.64. The van der Waals surface area contributed by atoms with Crippen LogP contribution >= 0.6 is 11.8 Å². The molecular formula is C18H17N3O2S. The molecule has 0 saturated carbocycles. The third-order valence-corrected chi connectivity index (χ3v) is 4.54. The van der Waals surface area contributed by atoms with Crippen molar-refractivity contribution in [2.24, 2.45) is 0 Å². The molecular weight excluding hydrogens is 322 g/mol. The predicted molar refractivity (Wildman–Crippen MR) is 96.2 cm³/mol. The number of aryl methyl sites for hydroxylation is 1. The van der Waals surface area contributed by atoms with E-state index in [1.54, 1.807) is 18.0 Å². The zero-order valence-corrected chi connectivity index (χ0v) is 14.2. The fraction of sp³-hybridized carbons (Fsp3) is 0.111. The molecule has 0 aliphatic rings. The third-order valence-electron chi connectivity index (χ3n) is 3.81. The molecule has 6 heteroatoms. The highest BCUT2D eigenvalue weighted by Gasteiger charge is 2.14. The molecule has 0 aliphatic carbocycles. The van der Waals surface area contributed by atoms with Crippen molar-refractivity contribution in [3.8, 4) is 0 Å². The summed E-state index contributed by atoms with van der Waals surface area (Å²) in [5.74, 6) is -0.698. The molecule has 122 valence electrons. The number of nitrogens with one attached hydrogen (secondary N) is 3. The second-order valence-corrected chi connectivity index (χ2v) is 6.22. The maximum absolute atomic E-state index is 12.3. The summed E-state index contributed by atoms with van der Waals surface area (Å²) in [6, 6.07) is 13.2. The number of thioether (sulfide) groups is 1. The van der Waals surface area contributed by atoms with Crippen LogP contribution < -0.4 is 10.9 Å². The number of fused-ring (bicyclic) bond motifs is 1. The topological polar surface area (TPSA) is 74.0 Å². The number of rotatable bonds is 3. The number of carbonyl (C=O) groups is 2. The zero-order chi connectivity index (χ0) is 17.1. The lowest BCUT2D eigenvalue weighted by atomic mass is 10.1. The van der Waals surface area contributed by atoms with E-state index >= 15 is 0 Å². The van der Waals surface area contributed by atoms with E-state index in [-0.39, 0.29) is 11.8 Å². The molecule has 0 bridgehead atoms. The Balaban J connectivity index is 1.73. The number of H-pyrrole nitrogens is 1. The molecule has 3 N–H and O–H groups in total. The molecule has 0 atom stereocenters. The van der Waals surface area contributed by atoms with Gasteiger partial charge >= 0.3 is 0 Å². The summed E-state index contributed by atoms with van der Waals surface area (Å²) in [5.41, 5.74) is 7.71. The van der Waals surface area contributed by atoms with E-state index in [9.17, 15) is 9.59 Å². The normalized spacial score (nSPS) is 10.6. The van der Waals surface area contributed by atoms with Crippen molar-refractivity contribution in [1.82, 2.24) is 15.8 Å². The molecule has 0 unspecified atom stereocenters. The maximum Gasteiger partial charge on any atom is 0.271 e. The second kappa shape index (κ2) is 6.80. The molecule has 5 nitrogen and oxygen atoms in total. The van der Waals surface area contributed by atoms with Gasteiger partial charge in [-0.2, -0.15) is 0 Å². The van der Waals surface area contributed by atoms with Gasteiger partial charge in [0.05, 0.1) is 5.56 Å². The lowest BCUT2D eigenvalue weighted by Gasteiger charge is -2.10. The molecule has 3 aromatic rings. The first-order chi connectivity index (χ1) is 11.6. The van der Waals surface area contributed by atoms with Gasteiger partial charge in [0.2, 0.25) is 0 Å². The van der Waals surface area contributed by atoms with E-state index in [1.165, 1.54) is 0 Å². The van der Waals surface area contributed by atoms with E-state index < -0.39 is 0 Å². The van der Waals surface area contributed by atoms with Crippen LogP contribution in [0.25, 0.3) is 10.9 Å². The third kappa shape index (κ3) is 3.14. The van der Waals surface area contributed by atoms with Crippen LogP contribution in [0.4, 0.5) is 0 Å². The Morgan fingerprint density at radius 3 is 2.46 bits per heavy atom. The average Bonchev–Trinajstić information content (AvgIpc) is 3.04.